The number of amides is 1. The van der Waals surface area contributed by atoms with Crippen LogP contribution in [0.15, 0.2) is 48.5 Å². The summed E-state index contributed by atoms with van der Waals surface area (Å²) >= 11 is 0. The molecule has 0 saturated carbocycles. The minimum Gasteiger partial charge on any atom is -0.454 e. The SMILES string of the molecule is Cl.O=C(CNC1CCN(Cc2ccccc2)CC1)Nc1ccc2c(c1)OCO2. The molecule has 0 aliphatic carbocycles. The van der Waals surface area contributed by atoms with Gasteiger partial charge >= 0.3 is 0 Å². The molecule has 7 heteroatoms. The van der Waals surface area contributed by atoms with Crippen LogP contribution in [0, 0.1) is 0 Å². The Bertz CT molecular complexity index is 780. The Labute approximate surface area is 171 Å². The number of nitrogens with zero attached hydrogens (tertiary/aromatic N) is 1. The van der Waals surface area contributed by atoms with Crippen LogP contribution in [0.5, 0.6) is 11.5 Å². The molecule has 2 heterocycles. The standard InChI is InChI=1S/C21H25N3O3.ClH/c25-21(23-18-6-7-19-20(12-18)27-15-26-19)13-22-17-8-10-24(11-9-17)14-16-4-2-1-3-5-16;/h1-7,12,17,22H,8-11,13-15H2,(H,23,25);1H. The van der Waals surface area contributed by atoms with E-state index >= 15 is 0 Å². The van der Waals surface area contributed by atoms with E-state index in [1.165, 1.54) is 5.56 Å². The molecule has 6 nitrogen and oxygen atoms in total. The van der Waals surface area contributed by atoms with Crippen molar-refractivity contribution < 1.29 is 14.3 Å². The highest BCUT2D eigenvalue weighted by atomic mass is 35.5. The molecule has 1 saturated heterocycles. The fourth-order valence-corrected chi connectivity index (χ4v) is 3.55. The summed E-state index contributed by atoms with van der Waals surface area (Å²) in [6.07, 6.45) is 2.12. The minimum atomic E-state index is -0.0411. The van der Waals surface area contributed by atoms with Crippen LogP contribution in [-0.4, -0.2) is 43.3 Å². The predicted molar refractivity (Wildman–Crippen MR) is 111 cm³/mol. The van der Waals surface area contributed by atoms with E-state index in [2.05, 4.69) is 39.8 Å². The summed E-state index contributed by atoms with van der Waals surface area (Å²) in [5.41, 5.74) is 2.08. The van der Waals surface area contributed by atoms with Gasteiger partial charge in [-0.3, -0.25) is 9.69 Å². The molecule has 2 aromatic rings. The molecule has 2 aliphatic heterocycles. The van der Waals surface area contributed by atoms with Crippen molar-refractivity contribution in [3.63, 3.8) is 0 Å². The summed E-state index contributed by atoms with van der Waals surface area (Å²) in [6, 6.07) is 16.4. The quantitative estimate of drug-likeness (QED) is 0.776. The first-order valence-electron chi connectivity index (χ1n) is 9.45. The number of fused-ring (bicyclic) bond motifs is 1. The van der Waals surface area contributed by atoms with E-state index in [0.717, 1.165) is 38.2 Å². The molecule has 150 valence electrons. The molecule has 1 fully saturated rings. The zero-order chi connectivity index (χ0) is 18.5. The number of carbonyl (C=O) groups excluding carboxylic acids is 1. The van der Waals surface area contributed by atoms with Gasteiger partial charge in [0.1, 0.15) is 0 Å². The Morgan fingerprint density at radius 3 is 2.57 bits per heavy atom. The van der Waals surface area contributed by atoms with Crippen molar-refractivity contribution in [3.05, 3.63) is 54.1 Å². The Morgan fingerprint density at radius 1 is 1.04 bits per heavy atom. The summed E-state index contributed by atoms with van der Waals surface area (Å²) < 4.78 is 10.6. The predicted octanol–water partition coefficient (Wildman–Crippen LogP) is 3.03. The Balaban J connectivity index is 0.00000225. The van der Waals surface area contributed by atoms with E-state index < -0.39 is 0 Å². The number of nitrogens with one attached hydrogen (secondary N) is 2. The third kappa shape index (κ3) is 5.38. The average Bonchev–Trinajstić information content (AvgIpc) is 3.16. The molecule has 4 rings (SSSR count). The van der Waals surface area contributed by atoms with E-state index in [1.807, 2.05) is 18.2 Å². The van der Waals surface area contributed by atoms with Crippen LogP contribution in [0.4, 0.5) is 5.69 Å². The third-order valence-electron chi connectivity index (χ3n) is 5.04. The van der Waals surface area contributed by atoms with Gasteiger partial charge in [-0.2, -0.15) is 0 Å². The maximum absolute atomic E-state index is 12.2. The molecule has 2 aliphatic rings. The van der Waals surface area contributed by atoms with Crippen LogP contribution in [-0.2, 0) is 11.3 Å². The zero-order valence-electron chi connectivity index (χ0n) is 15.7. The van der Waals surface area contributed by atoms with E-state index in [9.17, 15) is 4.79 Å². The van der Waals surface area contributed by atoms with Crippen LogP contribution < -0.4 is 20.1 Å². The summed E-state index contributed by atoms with van der Waals surface area (Å²) in [5.74, 6) is 1.35. The molecule has 1 amide bonds. The van der Waals surface area contributed by atoms with E-state index in [0.29, 0.717) is 24.1 Å². The molecule has 2 N–H and O–H groups in total. The molecular weight excluding hydrogens is 378 g/mol. The number of anilines is 1. The van der Waals surface area contributed by atoms with Gasteiger partial charge in [-0.25, -0.2) is 0 Å². The van der Waals surface area contributed by atoms with Crippen molar-refractivity contribution in [3.8, 4) is 11.5 Å². The van der Waals surface area contributed by atoms with Gasteiger partial charge in [0.2, 0.25) is 12.7 Å². The first-order valence-corrected chi connectivity index (χ1v) is 9.45. The first kappa shape index (κ1) is 20.5. The number of hydrogen-bond donors (Lipinski definition) is 2. The summed E-state index contributed by atoms with van der Waals surface area (Å²) in [6.45, 7) is 3.65. The van der Waals surface area contributed by atoms with Crippen molar-refractivity contribution in [2.24, 2.45) is 0 Å². The molecule has 2 aromatic carbocycles. The topological polar surface area (TPSA) is 62.8 Å². The summed E-state index contributed by atoms with van der Waals surface area (Å²) in [7, 11) is 0. The van der Waals surface area contributed by atoms with Gasteiger partial charge in [-0.1, -0.05) is 30.3 Å². The van der Waals surface area contributed by atoms with Gasteiger partial charge in [0.25, 0.3) is 0 Å². The summed E-state index contributed by atoms with van der Waals surface area (Å²) in [5, 5.41) is 6.29. The number of piperidine rings is 1. The maximum atomic E-state index is 12.2. The highest BCUT2D eigenvalue weighted by Crippen LogP contribution is 2.34. The second-order valence-corrected chi connectivity index (χ2v) is 7.03. The molecule has 28 heavy (non-hydrogen) atoms. The van der Waals surface area contributed by atoms with Gasteiger partial charge in [-0.15, -0.1) is 12.4 Å². The lowest BCUT2D eigenvalue weighted by Crippen LogP contribution is -2.44. The molecule has 0 aromatic heterocycles. The number of halogens is 1. The van der Waals surface area contributed by atoms with Crippen LogP contribution in [0.3, 0.4) is 0 Å². The average molecular weight is 404 g/mol. The number of ether oxygens (including phenoxy) is 2. The lowest BCUT2D eigenvalue weighted by Gasteiger charge is -2.32. The van der Waals surface area contributed by atoms with E-state index in [-0.39, 0.29) is 25.1 Å². The van der Waals surface area contributed by atoms with Crippen LogP contribution in [0.2, 0.25) is 0 Å². The maximum Gasteiger partial charge on any atom is 0.238 e. The fourth-order valence-electron chi connectivity index (χ4n) is 3.55. The number of likely N-dealkylation sites (tertiary alicyclic amines) is 1. The molecule has 0 unspecified atom stereocenters. The van der Waals surface area contributed by atoms with Crippen molar-refractivity contribution in [1.29, 1.82) is 0 Å². The number of hydrogen-bond acceptors (Lipinski definition) is 5. The second-order valence-electron chi connectivity index (χ2n) is 7.03. The van der Waals surface area contributed by atoms with Gasteiger partial charge in [0.15, 0.2) is 11.5 Å². The van der Waals surface area contributed by atoms with Gasteiger partial charge in [0.05, 0.1) is 6.54 Å². The Hall–Kier alpha value is -2.28. The monoisotopic (exact) mass is 403 g/mol. The van der Waals surface area contributed by atoms with Crippen LogP contribution >= 0.6 is 12.4 Å². The molecule has 0 radical (unpaired) electrons. The second kappa shape index (κ2) is 9.78. The number of carbonyl (C=O) groups is 1. The Morgan fingerprint density at radius 2 is 1.79 bits per heavy atom. The van der Waals surface area contributed by atoms with E-state index in [4.69, 9.17) is 9.47 Å². The molecule has 0 atom stereocenters. The normalized spacial score (nSPS) is 16.4. The highest BCUT2D eigenvalue weighted by Gasteiger charge is 2.20. The third-order valence-corrected chi connectivity index (χ3v) is 5.04. The lowest BCUT2D eigenvalue weighted by atomic mass is 10.0. The van der Waals surface area contributed by atoms with Crippen LogP contribution in [0.1, 0.15) is 18.4 Å². The van der Waals surface area contributed by atoms with Crippen molar-refractivity contribution in [2.45, 2.75) is 25.4 Å². The number of benzene rings is 2. The first-order chi connectivity index (χ1) is 13.3. The van der Waals surface area contributed by atoms with Crippen molar-refractivity contribution >= 4 is 24.0 Å². The number of rotatable bonds is 6. The lowest BCUT2D eigenvalue weighted by molar-refractivity contribution is -0.115. The largest absolute Gasteiger partial charge is 0.454 e. The fraction of sp³-hybridized carbons (Fsp3) is 0.381. The minimum absolute atomic E-state index is 0. The smallest absolute Gasteiger partial charge is 0.238 e. The molecule has 0 spiro atoms. The van der Waals surface area contributed by atoms with E-state index in [1.54, 1.807) is 6.07 Å². The Kier molecular flexibility index (Phi) is 7.14. The van der Waals surface area contributed by atoms with Gasteiger partial charge in [-0.05, 0) is 43.6 Å². The molecule has 0 bridgehead atoms. The van der Waals surface area contributed by atoms with Gasteiger partial charge in [0, 0.05) is 24.3 Å². The van der Waals surface area contributed by atoms with Crippen LogP contribution in [0.25, 0.3) is 0 Å². The summed E-state index contributed by atoms with van der Waals surface area (Å²) in [4.78, 5) is 14.7. The van der Waals surface area contributed by atoms with Crippen molar-refractivity contribution in [2.75, 3.05) is 31.7 Å². The van der Waals surface area contributed by atoms with Crippen molar-refractivity contribution in [1.82, 2.24) is 10.2 Å². The zero-order valence-corrected chi connectivity index (χ0v) is 16.5. The molecular formula is C21H26ClN3O3. The van der Waals surface area contributed by atoms with Gasteiger partial charge < -0.3 is 20.1 Å². The highest BCUT2D eigenvalue weighted by molar-refractivity contribution is 5.92.